The average molecular weight is 341 g/mol. The van der Waals surface area contributed by atoms with Gasteiger partial charge < -0.3 is 14.6 Å². The lowest BCUT2D eigenvalue weighted by Gasteiger charge is -2.27. The van der Waals surface area contributed by atoms with Crippen LogP contribution in [0.15, 0.2) is 58.4 Å². The minimum Gasteiger partial charge on any atom is -0.506 e. The van der Waals surface area contributed by atoms with Gasteiger partial charge in [0.05, 0.1) is 17.5 Å². The van der Waals surface area contributed by atoms with Crippen LogP contribution in [0.25, 0.3) is 0 Å². The third kappa shape index (κ3) is 2.69. The van der Waals surface area contributed by atoms with Crippen LogP contribution < -0.4 is 4.90 Å². The maximum absolute atomic E-state index is 12.9. The Labute approximate surface area is 145 Å². The standard InChI is InChI=1S/C19H19NO5/c1-19(2,3)17(23)14-15(13-9-6-10-25-13)20(18(24)16(14)22)11-7-4-5-8-12(11)21/h4-10,15,21-22H,1-3H3. The number of furan rings is 1. The van der Waals surface area contributed by atoms with E-state index in [2.05, 4.69) is 0 Å². The molecule has 0 bridgehead atoms. The first-order valence-electron chi connectivity index (χ1n) is 7.86. The van der Waals surface area contributed by atoms with Crippen molar-refractivity contribution >= 4 is 17.4 Å². The van der Waals surface area contributed by atoms with Crippen molar-refractivity contribution in [3.8, 4) is 5.75 Å². The summed E-state index contributed by atoms with van der Waals surface area (Å²) in [6.45, 7) is 5.13. The monoisotopic (exact) mass is 341 g/mol. The molecule has 1 aliphatic rings. The van der Waals surface area contributed by atoms with E-state index >= 15 is 0 Å². The van der Waals surface area contributed by atoms with Crippen LogP contribution in [-0.2, 0) is 9.59 Å². The molecule has 1 amide bonds. The topological polar surface area (TPSA) is 91.0 Å². The van der Waals surface area contributed by atoms with Crippen molar-refractivity contribution in [3.63, 3.8) is 0 Å². The number of ketones is 1. The zero-order valence-electron chi connectivity index (χ0n) is 14.2. The fourth-order valence-corrected chi connectivity index (χ4v) is 2.87. The summed E-state index contributed by atoms with van der Waals surface area (Å²) in [6, 6.07) is 8.57. The summed E-state index contributed by atoms with van der Waals surface area (Å²) in [5.74, 6) is -1.55. The van der Waals surface area contributed by atoms with Crippen molar-refractivity contribution in [2.45, 2.75) is 26.8 Å². The third-order valence-corrected chi connectivity index (χ3v) is 4.09. The van der Waals surface area contributed by atoms with E-state index in [0.29, 0.717) is 5.76 Å². The number of carbonyl (C=O) groups excluding carboxylic acids is 2. The molecule has 1 aromatic heterocycles. The number of hydrogen-bond donors (Lipinski definition) is 2. The first-order chi connectivity index (χ1) is 11.7. The van der Waals surface area contributed by atoms with Gasteiger partial charge in [0.15, 0.2) is 11.5 Å². The van der Waals surface area contributed by atoms with Gasteiger partial charge in [-0.2, -0.15) is 0 Å². The number of aliphatic hydroxyl groups excluding tert-OH is 1. The summed E-state index contributed by atoms with van der Waals surface area (Å²) < 4.78 is 5.43. The Kier molecular flexibility index (Phi) is 3.91. The fourth-order valence-electron chi connectivity index (χ4n) is 2.87. The summed E-state index contributed by atoms with van der Waals surface area (Å²) in [4.78, 5) is 26.8. The maximum Gasteiger partial charge on any atom is 0.294 e. The molecule has 25 heavy (non-hydrogen) atoms. The SMILES string of the molecule is CC(C)(C)C(=O)C1=C(O)C(=O)N(c2ccccc2O)C1c1ccco1. The second-order valence-corrected chi connectivity index (χ2v) is 6.92. The molecule has 0 saturated heterocycles. The van der Waals surface area contributed by atoms with Crippen molar-refractivity contribution in [1.82, 2.24) is 0 Å². The van der Waals surface area contributed by atoms with Crippen LogP contribution in [0.5, 0.6) is 5.75 Å². The number of amides is 1. The van der Waals surface area contributed by atoms with Gasteiger partial charge in [0.25, 0.3) is 5.91 Å². The van der Waals surface area contributed by atoms with Gasteiger partial charge in [-0.3, -0.25) is 14.5 Å². The molecule has 6 heteroatoms. The van der Waals surface area contributed by atoms with Crippen molar-refractivity contribution in [1.29, 1.82) is 0 Å². The van der Waals surface area contributed by atoms with Crippen LogP contribution in [0.3, 0.4) is 0 Å². The predicted octanol–water partition coefficient (Wildman–Crippen LogP) is 3.50. The van der Waals surface area contributed by atoms with Crippen molar-refractivity contribution in [3.05, 3.63) is 59.8 Å². The van der Waals surface area contributed by atoms with E-state index < -0.39 is 23.1 Å². The van der Waals surface area contributed by atoms with Crippen LogP contribution >= 0.6 is 0 Å². The van der Waals surface area contributed by atoms with Gasteiger partial charge in [-0.1, -0.05) is 32.9 Å². The van der Waals surface area contributed by atoms with E-state index in [4.69, 9.17) is 4.42 Å². The van der Waals surface area contributed by atoms with Crippen molar-refractivity contribution in [2.75, 3.05) is 4.90 Å². The molecule has 6 nitrogen and oxygen atoms in total. The summed E-state index contributed by atoms with van der Waals surface area (Å²) in [5.41, 5.74) is -0.642. The number of aromatic hydroxyl groups is 1. The van der Waals surface area contributed by atoms with Crippen molar-refractivity contribution in [2.24, 2.45) is 5.41 Å². The molecule has 2 heterocycles. The Morgan fingerprint density at radius 2 is 1.80 bits per heavy atom. The highest BCUT2D eigenvalue weighted by atomic mass is 16.3. The quantitative estimate of drug-likeness (QED) is 0.891. The summed E-state index contributed by atoms with van der Waals surface area (Å²) in [7, 11) is 0. The Balaban J connectivity index is 2.21. The van der Waals surface area contributed by atoms with Crippen LogP contribution in [-0.4, -0.2) is 21.9 Å². The normalized spacial score (nSPS) is 18.1. The Hall–Kier alpha value is -3.02. The van der Waals surface area contributed by atoms with E-state index in [9.17, 15) is 19.8 Å². The highest BCUT2D eigenvalue weighted by Gasteiger charge is 2.48. The fraction of sp³-hybridized carbons (Fsp3) is 0.263. The van der Waals surface area contributed by atoms with E-state index in [1.807, 2.05) is 0 Å². The van der Waals surface area contributed by atoms with Gasteiger partial charge in [-0.15, -0.1) is 0 Å². The minimum atomic E-state index is -0.942. The van der Waals surface area contributed by atoms with Gasteiger partial charge in [-0.05, 0) is 24.3 Å². The average Bonchev–Trinajstić information content (AvgIpc) is 3.15. The zero-order chi connectivity index (χ0) is 18.4. The second-order valence-electron chi connectivity index (χ2n) is 6.92. The van der Waals surface area contributed by atoms with Gasteiger partial charge in [0.2, 0.25) is 0 Å². The molecule has 1 aliphatic heterocycles. The lowest BCUT2D eigenvalue weighted by molar-refractivity contribution is -0.123. The second kappa shape index (κ2) is 5.81. The third-order valence-electron chi connectivity index (χ3n) is 4.09. The molecule has 0 saturated carbocycles. The molecule has 0 spiro atoms. The molecule has 1 atom stereocenters. The number of para-hydroxylation sites is 2. The summed E-state index contributed by atoms with van der Waals surface area (Å²) in [6.07, 6.45) is 1.43. The van der Waals surface area contributed by atoms with Gasteiger partial charge in [0, 0.05) is 5.41 Å². The molecule has 130 valence electrons. The number of Topliss-reactive ketones (excluding diaryl/α,β-unsaturated/α-hetero) is 1. The number of phenols is 1. The van der Waals surface area contributed by atoms with Gasteiger partial charge >= 0.3 is 0 Å². The molecular formula is C19H19NO5. The van der Waals surface area contributed by atoms with Crippen LogP contribution in [0.4, 0.5) is 5.69 Å². The summed E-state index contributed by atoms with van der Waals surface area (Å²) in [5, 5.41) is 20.6. The lowest BCUT2D eigenvalue weighted by atomic mass is 9.83. The molecule has 0 radical (unpaired) electrons. The number of nitrogens with zero attached hydrogens (tertiary/aromatic N) is 1. The van der Waals surface area contributed by atoms with E-state index in [1.54, 1.807) is 51.1 Å². The molecule has 0 fully saturated rings. The molecule has 0 aliphatic carbocycles. The van der Waals surface area contributed by atoms with Crippen LogP contribution in [0, 0.1) is 5.41 Å². The number of aliphatic hydroxyl groups is 1. The maximum atomic E-state index is 12.9. The largest absolute Gasteiger partial charge is 0.506 e. The van der Waals surface area contributed by atoms with Gasteiger partial charge in [0.1, 0.15) is 17.6 Å². The Morgan fingerprint density at radius 1 is 1.12 bits per heavy atom. The predicted molar refractivity (Wildman–Crippen MR) is 91.2 cm³/mol. The van der Waals surface area contributed by atoms with E-state index in [-0.39, 0.29) is 22.8 Å². The minimum absolute atomic E-state index is 0.0318. The van der Waals surface area contributed by atoms with Gasteiger partial charge in [-0.25, -0.2) is 0 Å². The first kappa shape index (κ1) is 16.8. The Bertz CT molecular complexity index is 858. The number of hydrogen-bond acceptors (Lipinski definition) is 5. The zero-order valence-corrected chi connectivity index (χ0v) is 14.2. The molecule has 2 aromatic rings. The smallest absolute Gasteiger partial charge is 0.294 e. The number of carbonyl (C=O) groups is 2. The van der Waals surface area contributed by atoms with Crippen LogP contribution in [0.2, 0.25) is 0 Å². The lowest BCUT2D eigenvalue weighted by Crippen LogP contribution is -2.32. The number of phenolic OH excluding ortho intramolecular Hbond substituents is 1. The highest BCUT2D eigenvalue weighted by Crippen LogP contribution is 2.45. The number of rotatable bonds is 3. The van der Waals surface area contributed by atoms with Crippen molar-refractivity contribution < 1.29 is 24.2 Å². The van der Waals surface area contributed by atoms with E-state index in [1.165, 1.54) is 17.2 Å². The molecule has 1 unspecified atom stereocenters. The first-order valence-corrected chi connectivity index (χ1v) is 7.86. The summed E-state index contributed by atoms with van der Waals surface area (Å²) >= 11 is 0. The molecule has 1 aromatic carbocycles. The Morgan fingerprint density at radius 3 is 2.36 bits per heavy atom. The van der Waals surface area contributed by atoms with E-state index in [0.717, 1.165) is 0 Å². The molecular weight excluding hydrogens is 322 g/mol. The highest BCUT2D eigenvalue weighted by molar-refractivity contribution is 6.17. The van der Waals surface area contributed by atoms with Crippen LogP contribution in [0.1, 0.15) is 32.6 Å². The molecule has 3 rings (SSSR count). The number of benzene rings is 1. The number of anilines is 1. The molecule has 2 N–H and O–H groups in total.